The molecular formula is C32H38N6O19S. The lowest BCUT2D eigenvalue weighted by Gasteiger charge is -2.44. The number of nitrogens with one attached hydrogen (secondary N) is 3. The third-order valence-corrected chi connectivity index (χ3v) is 9.00. The molecule has 5 heterocycles. The summed E-state index contributed by atoms with van der Waals surface area (Å²) in [5.74, 6) is -3.79. The number of hydrogen-bond acceptors (Lipinski definition) is 21. The Balaban J connectivity index is 1.35. The zero-order valence-electron chi connectivity index (χ0n) is 31.6. The number of carbonyl (C=O) groups is 6. The molecular weight excluding hydrogens is 804 g/mol. The molecule has 3 aliphatic rings. The minimum atomic E-state index is -5.09. The average Bonchev–Trinajstić information content (AvgIpc) is 3.74. The number of amides is 2. The molecule has 25 nitrogen and oxygen atoms in total. The SMILES string of the molecule is C#CC(OC(C)=O)[C@H]1O[C@H](OC(=O)NS(=O)(=O)OC[C@H]2O[C@@H](n3cnc4c(=O)[nH]c(NC(C)=O)nc43)[C@@H]3OC(C)(C)O[C@@H]32)[C@@H](OC(C)=O)[C@@H](OC(C)=O)[C@@H]1OC(C)=O. The fraction of sp³-hybridized carbons (Fsp3) is 0.594. The van der Waals surface area contributed by atoms with Crippen molar-refractivity contribution >= 4 is 63.3 Å². The molecule has 3 N–H and O–H groups in total. The van der Waals surface area contributed by atoms with Crippen molar-refractivity contribution in [2.24, 2.45) is 0 Å². The van der Waals surface area contributed by atoms with Crippen LogP contribution in [0.2, 0.25) is 0 Å². The highest BCUT2D eigenvalue weighted by Crippen LogP contribution is 2.44. The first-order valence-electron chi connectivity index (χ1n) is 17.0. The smallest absolute Gasteiger partial charge is 0.425 e. The second-order valence-corrected chi connectivity index (χ2v) is 14.5. The van der Waals surface area contributed by atoms with E-state index in [2.05, 4.69) is 26.2 Å². The molecule has 2 aromatic heterocycles. The quantitative estimate of drug-likeness (QED) is 0.125. The number of anilines is 1. The molecule has 0 bridgehead atoms. The van der Waals surface area contributed by atoms with Crippen LogP contribution in [0.25, 0.3) is 11.2 Å². The highest BCUT2D eigenvalue weighted by atomic mass is 32.2. The van der Waals surface area contributed by atoms with Gasteiger partial charge in [-0.2, -0.15) is 18.1 Å². The predicted octanol–water partition coefficient (Wildman–Crippen LogP) is -1.43. The second kappa shape index (κ2) is 17.0. The van der Waals surface area contributed by atoms with Crippen LogP contribution in [-0.2, 0) is 81.1 Å². The maximum atomic E-state index is 13.1. The molecule has 5 rings (SSSR count). The van der Waals surface area contributed by atoms with E-state index in [1.54, 1.807) is 13.8 Å². The molecule has 1 unspecified atom stereocenters. The predicted molar refractivity (Wildman–Crippen MR) is 184 cm³/mol. The fourth-order valence-corrected chi connectivity index (χ4v) is 6.92. The molecule has 26 heteroatoms. The molecule has 3 aliphatic heterocycles. The van der Waals surface area contributed by atoms with E-state index in [1.807, 2.05) is 0 Å². The normalized spacial score (nSPS) is 27.9. The van der Waals surface area contributed by atoms with Gasteiger partial charge >= 0.3 is 40.3 Å². The number of terminal acetylenes is 1. The topological polar surface area (TPSA) is 316 Å². The van der Waals surface area contributed by atoms with Crippen molar-refractivity contribution in [3.8, 4) is 12.3 Å². The van der Waals surface area contributed by atoms with Crippen LogP contribution in [0.3, 0.4) is 0 Å². The Kier molecular flexibility index (Phi) is 12.7. The number of H-pyrrole nitrogens is 1. The molecule has 0 spiro atoms. The van der Waals surface area contributed by atoms with Crippen molar-refractivity contribution in [2.45, 2.75) is 116 Å². The molecule has 0 saturated carbocycles. The number of nitrogens with zero attached hydrogens (tertiary/aromatic N) is 3. The number of aromatic nitrogens is 4. The molecule has 0 aromatic carbocycles. The molecule has 3 fully saturated rings. The Hall–Kier alpha value is -5.72. The molecule has 316 valence electrons. The van der Waals surface area contributed by atoms with Crippen molar-refractivity contribution in [3.63, 3.8) is 0 Å². The van der Waals surface area contributed by atoms with Gasteiger partial charge in [-0.25, -0.2) is 9.78 Å². The zero-order chi connectivity index (χ0) is 42.9. The Bertz CT molecular complexity index is 2180. The van der Waals surface area contributed by atoms with Crippen molar-refractivity contribution in [1.82, 2.24) is 24.2 Å². The van der Waals surface area contributed by atoms with E-state index in [9.17, 15) is 42.0 Å². The number of rotatable bonds is 12. The zero-order valence-corrected chi connectivity index (χ0v) is 32.5. The summed E-state index contributed by atoms with van der Waals surface area (Å²) in [6.07, 6.45) is -10.4. The van der Waals surface area contributed by atoms with Gasteiger partial charge in [0, 0.05) is 34.6 Å². The lowest BCUT2D eigenvalue weighted by Crippen LogP contribution is -2.65. The molecule has 2 aromatic rings. The first-order chi connectivity index (χ1) is 27.1. The van der Waals surface area contributed by atoms with Crippen molar-refractivity contribution in [3.05, 3.63) is 16.7 Å². The van der Waals surface area contributed by atoms with Crippen LogP contribution in [0.5, 0.6) is 0 Å². The summed E-state index contributed by atoms with van der Waals surface area (Å²) in [6, 6.07) is 0. The number of ether oxygens (including phenoxy) is 9. The largest absolute Gasteiger partial charge is 0.455 e. The highest BCUT2D eigenvalue weighted by Gasteiger charge is 2.58. The van der Waals surface area contributed by atoms with Gasteiger partial charge in [-0.3, -0.25) is 47.8 Å². The monoisotopic (exact) mass is 842 g/mol. The minimum absolute atomic E-state index is 0.0288. The molecule has 0 radical (unpaired) electrons. The molecule has 2 amide bonds. The Morgan fingerprint density at radius 2 is 1.55 bits per heavy atom. The number of carbonyl (C=O) groups excluding carboxylic acids is 6. The Morgan fingerprint density at radius 3 is 2.16 bits per heavy atom. The van der Waals surface area contributed by atoms with E-state index >= 15 is 0 Å². The van der Waals surface area contributed by atoms with E-state index in [-0.39, 0.29) is 17.1 Å². The van der Waals surface area contributed by atoms with Crippen LogP contribution in [-0.4, -0.2) is 131 Å². The molecule has 58 heavy (non-hydrogen) atoms. The minimum Gasteiger partial charge on any atom is -0.455 e. The molecule has 10 atom stereocenters. The standard InChI is InChI=1S/C32H38N6O19S/c1-9-17(49-13(3)40)20-22(50-14(4)41)23(51-15(5)42)25(52-16(6)43)29(54-20)55-31(45)37-58(46,47)48-10-18-21-24(57-32(7,8)56-21)28(53-18)38-11-33-19-26(38)35-30(34-12(2)39)36-27(19)44/h1,11,17-18,20-25,28-29H,10H2,2-8H3,(H,37,45)(H2,34,35,36,39,44)/t17?,18-,20-,21-,22-,23+,24-,25+,28-,29-/m1/s1. The number of esters is 4. The summed E-state index contributed by atoms with van der Waals surface area (Å²) in [4.78, 5) is 96.3. The van der Waals surface area contributed by atoms with Crippen LogP contribution in [0.1, 0.15) is 54.7 Å². The van der Waals surface area contributed by atoms with Gasteiger partial charge in [-0.05, 0) is 13.8 Å². The summed E-state index contributed by atoms with van der Waals surface area (Å²) < 4.78 is 83.8. The molecule has 0 aliphatic carbocycles. The average molecular weight is 843 g/mol. The number of imidazole rings is 1. The van der Waals surface area contributed by atoms with E-state index in [0.717, 1.165) is 27.7 Å². The highest BCUT2D eigenvalue weighted by molar-refractivity contribution is 7.85. The first kappa shape index (κ1) is 43.4. The summed E-state index contributed by atoms with van der Waals surface area (Å²) in [6.45, 7) is 7.38. The van der Waals surface area contributed by atoms with Gasteiger partial charge in [0.15, 0.2) is 47.6 Å². The Morgan fingerprint density at radius 1 is 0.931 bits per heavy atom. The van der Waals surface area contributed by atoms with Crippen molar-refractivity contribution < 1.29 is 84.0 Å². The lowest BCUT2D eigenvalue weighted by molar-refractivity contribution is -0.299. The maximum absolute atomic E-state index is 13.1. The van der Waals surface area contributed by atoms with E-state index < -0.39 is 125 Å². The Labute approximate surface area is 327 Å². The number of aromatic amines is 1. The lowest BCUT2D eigenvalue weighted by atomic mass is 9.94. The van der Waals surface area contributed by atoms with Gasteiger partial charge in [0.05, 0.1) is 12.9 Å². The van der Waals surface area contributed by atoms with Crippen molar-refractivity contribution in [1.29, 1.82) is 0 Å². The number of hydrogen-bond donors (Lipinski definition) is 3. The molecule has 3 saturated heterocycles. The van der Waals surface area contributed by atoms with Gasteiger partial charge in [-0.1, -0.05) is 5.92 Å². The summed E-state index contributed by atoms with van der Waals surface area (Å²) in [5, 5.41) is 2.37. The van der Waals surface area contributed by atoms with Crippen LogP contribution >= 0.6 is 0 Å². The number of fused-ring (bicyclic) bond motifs is 2. The summed E-state index contributed by atoms with van der Waals surface area (Å²) >= 11 is 0. The van der Waals surface area contributed by atoms with Gasteiger partial charge in [0.1, 0.15) is 18.3 Å². The van der Waals surface area contributed by atoms with Gasteiger partial charge in [-0.15, -0.1) is 6.42 Å². The summed E-state index contributed by atoms with van der Waals surface area (Å²) in [7, 11) is -5.09. The van der Waals surface area contributed by atoms with Gasteiger partial charge in [0.2, 0.25) is 24.2 Å². The van der Waals surface area contributed by atoms with E-state index in [0.29, 0.717) is 0 Å². The van der Waals surface area contributed by atoms with Crippen LogP contribution in [0.4, 0.5) is 10.7 Å². The second-order valence-electron chi connectivity index (χ2n) is 13.2. The van der Waals surface area contributed by atoms with Gasteiger partial charge in [0.25, 0.3) is 5.56 Å². The third-order valence-electron chi connectivity index (χ3n) is 8.14. The first-order valence-corrected chi connectivity index (χ1v) is 18.4. The van der Waals surface area contributed by atoms with Crippen LogP contribution < -0.4 is 15.6 Å². The maximum Gasteiger partial charge on any atom is 0.425 e. The van der Waals surface area contributed by atoms with Crippen LogP contribution in [0, 0.1) is 12.3 Å². The van der Waals surface area contributed by atoms with Gasteiger partial charge < -0.3 is 42.6 Å². The van der Waals surface area contributed by atoms with Crippen molar-refractivity contribution in [2.75, 3.05) is 11.9 Å². The van der Waals surface area contributed by atoms with Crippen LogP contribution in [0.15, 0.2) is 11.1 Å². The van der Waals surface area contributed by atoms with E-state index in [1.165, 1.54) is 22.5 Å². The van der Waals surface area contributed by atoms with E-state index in [4.69, 9.17) is 53.2 Å². The summed E-state index contributed by atoms with van der Waals surface area (Å²) in [5.41, 5.74) is -0.836. The fourth-order valence-electron chi connectivity index (χ4n) is 6.29. The third kappa shape index (κ3) is 10.0.